The summed E-state index contributed by atoms with van der Waals surface area (Å²) in [5.41, 5.74) is 6.67. The van der Waals surface area contributed by atoms with Gasteiger partial charge in [-0.1, -0.05) is 89.2 Å². The van der Waals surface area contributed by atoms with E-state index < -0.39 is 0 Å². The Bertz CT molecular complexity index is 1760. The van der Waals surface area contributed by atoms with Crippen LogP contribution < -0.4 is 10.1 Å². The number of hydrogen-bond donors (Lipinski definition) is 0. The number of para-hydroxylation sites is 1. The van der Waals surface area contributed by atoms with Crippen LogP contribution in [0.2, 0.25) is 0 Å². The molecule has 0 aliphatic rings. The molecule has 0 bridgehead atoms. The standard InChI is InChI=1S/C28H21N5OS/c1-18-8-12-20(13-9-18)25-22(17-32(30-25)23-6-4-3-5-7-23)16-24-27(34)33-28(35-24)29-26(31-33)21-14-10-19(2)11-15-21/h3-17H,1-2H3. The van der Waals surface area contributed by atoms with Crippen molar-refractivity contribution in [3.63, 3.8) is 0 Å². The highest BCUT2D eigenvalue weighted by atomic mass is 32.1. The molecule has 6 rings (SSSR count). The lowest BCUT2D eigenvalue weighted by molar-refractivity contribution is 0.884. The Kier molecular flexibility index (Phi) is 5.12. The number of aryl methyl sites for hydroxylation is 2. The highest BCUT2D eigenvalue weighted by Crippen LogP contribution is 2.25. The predicted octanol–water partition coefficient (Wildman–Crippen LogP) is 4.84. The van der Waals surface area contributed by atoms with Gasteiger partial charge in [-0.05, 0) is 32.1 Å². The molecular weight excluding hydrogens is 454 g/mol. The van der Waals surface area contributed by atoms with Crippen molar-refractivity contribution in [2.45, 2.75) is 13.8 Å². The summed E-state index contributed by atoms with van der Waals surface area (Å²) in [5.74, 6) is 0.553. The van der Waals surface area contributed by atoms with E-state index in [1.807, 2.05) is 78.5 Å². The number of fused-ring (bicyclic) bond motifs is 1. The lowest BCUT2D eigenvalue weighted by Crippen LogP contribution is -2.23. The molecule has 0 spiro atoms. The van der Waals surface area contributed by atoms with Crippen LogP contribution in [0.15, 0.2) is 89.9 Å². The van der Waals surface area contributed by atoms with Gasteiger partial charge in [0.05, 0.1) is 15.9 Å². The Morgan fingerprint density at radius 2 is 1.46 bits per heavy atom. The summed E-state index contributed by atoms with van der Waals surface area (Å²) in [4.78, 5) is 18.4. The monoisotopic (exact) mass is 475 g/mol. The summed E-state index contributed by atoms with van der Waals surface area (Å²) in [6.07, 6.45) is 3.84. The minimum Gasteiger partial charge on any atom is -0.266 e. The van der Waals surface area contributed by atoms with E-state index in [2.05, 4.69) is 41.3 Å². The maximum atomic E-state index is 13.2. The van der Waals surface area contributed by atoms with Crippen LogP contribution in [-0.2, 0) is 0 Å². The van der Waals surface area contributed by atoms with E-state index in [1.165, 1.54) is 21.4 Å². The van der Waals surface area contributed by atoms with Gasteiger partial charge in [0.15, 0.2) is 5.82 Å². The summed E-state index contributed by atoms with van der Waals surface area (Å²) in [7, 11) is 0. The molecule has 170 valence electrons. The molecule has 0 aliphatic carbocycles. The Morgan fingerprint density at radius 1 is 0.800 bits per heavy atom. The second kappa shape index (κ2) is 8.45. The highest BCUT2D eigenvalue weighted by molar-refractivity contribution is 7.15. The zero-order valence-corrected chi connectivity index (χ0v) is 20.0. The second-order valence-corrected chi connectivity index (χ2v) is 9.50. The number of rotatable bonds is 4. The maximum Gasteiger partial charge on any atom is 0.291 e. The molecule has 0 unspecified atom stereocenters. The van der Waals surface area contributed by atoms with Crippen molar-refractivity contribution in [1.82, 2.24) is 24.4 Å². The van der Waals surface area contributed by atoms with E-state index in [-0.39, 0.29) is 5.56 Å². The average molecular weight is 476 g/mol. The molecule has 6 aromatic rings. The maximum absolute atomic E-state index is 13.2. The summed E-state index contributed by atoms with van der Waals surface area (Å²) in [6, 6.07) is 26.1. The molecule has 3 heterocycles. The smallest absolute Gasteiger partial charge is 0.266 e. The van der Waals surface area contributed by atoms with Gasteiger partial charge < -0.3 is 0 Å². The van der Waals surface area contributed by atoms with Crippen molar-refractivity contribution in [2.24, 2.45) is 0 Å². The van der Waals surface area contributed by atoms with Gasteiger partial charge in [-0.25, -0.2) is 4.68 Å². The predicted molar refractivity (Wildman–Crippen MR) is 140 cm³/mol. The van der Waals surface area contributed by atoms with Crippen molar-refractivity contribution in [3.8, 4) is 28.3 Å². The summed E-state index contributed by atoms with van der Waals surface area (Å²) >= 11 is 1.33. The quantitative estimate of drug-likeness (QED) is 0.366. The molecule has 0 saturated heterocycles. The fourth-order valence-corrected chi connectivity index (χ4v) is 4.84. The fourth-order valence-electron chi connectivity index (χ4n) is 3.94. The van der Waals surface area contributed by atoms with Crippen molar-refractivity contribution in [2.75, 3.05) is 0 Å². The SMILES string of the molecule is Cc1ccc(-c2nc3sc(=Cc4cn(-c5ccccc5)nc4-c4ccc(C)cc4)c(=O)n3n2)cc1. The Balaban J connectivity index is 1.48. The van der Waals surface area contributed by atoms with Crippen molar-refractivity contribution in [3.05, 3.63) is 117 Å². The van der Waals surface area contributed by atoms with E-state index in [0.29, 0.717) is 15.3 Å². The first-order valence-corrected chi connectivity index (χ1v) is 12.1. The van der Waals surface area contributed by atoms with Crippen molar-refractivity contribution in [1.29, 1.82) is 0 Å². The molecule has 7 heteroatoms. The molecule has 0 saturated carbocycles. The largest absolute Gasteiger partial charge is 0.291 e. The van der Waals surface area contributed by atoms with E-state index in [1.54, 1.807) is 0 Å². The molecule has 0 fully saturated rings. The lowest BCUT2D eigenvalue weighted by Gasteiger charge is -2.01. The van der Waals surface area contributed by atoms with E-state index >= 15 is 0 Å². The first-order valence-electron chi connectivity index (χ1n) is 11.3. The Hall–Kier alpha value is -4.36. The molecule has 6 nitrogen and oxygen atoms in total. The van der Waals surface area contributed by atoms with Gasteiger partial charge in [-0.15, -0.1) is 5.10 Å². The highest BCUT2D eigenvalue weighted by Gasteiger charge is 2.15. The van der Waals surface area contributed by atoms with E-state index in [0.717, 1.165) is 33.6 Å². The van der Waals surface area contributed by atoms with Crippen LogP contribution in [0.4, 0.5) is 0 Å². The average Bonchev–Trinajstić information content (AvgIpc) is 3.56. The van der Waals surface area contributed by atoms with Gasteiger partial charge in [0.25, 0.3) is 5.56 Å². The molecular formula is C28H21N5OS. The zero-order chi connectivity index (χ0) is 23.9. The minimum atomic E-state index is -0.182. The molecule has 0 radical (unpaired) electrons. The topological polar surface area (TPSA) is 65.1 Å². The first kappa shape index (κ1) is 21.2. The molecule has 3 aromatic carbocycles. The number of thiazole rings is 1. The van der Waals surface area contributed by atoms with Crippen LogP contribution in [0.3, 0.4) is 0 Å². The van der Waals surface area contributed by atoms with Gasteiger partial charge in [-0.2, -0.15) is 14.6 Å². The first-order chi connectivity index (χ1) is 17.0. The summed E-state index contributed by atoms with van der Waals surface area (Å²) in [5, 5.41) is 9.34. The van der Waals surface area contributed by atoms with Crippen LogP contribution >= 0.6 is 11.3 Å². The van der Waals surface area contributed by atoms with Crippen molar-refractivity contribution < 1.29 is 0 Å². The molecule has 0 amide bonds. The van der Waals surface area contributed by atoms with Crippen LogP contribution in [-0.4, -0.2) is 24.4 Å². The molecule has 0 N–H and O–H groups in total. The van der Waals surface area contributed by atoms with Gasteiger partial charge in [0, 0.05) is 22.9 Å². The van der Waals surface area contributed by atoms with Crippen LogP contribution in [0.1, 0.15) is 16.7 Å². The molecule has 35 heavy (non-hydrogen) atoms. The van der Waals surface area contributed by atoms with Crippen LogP contribution in [0, 0.1) is 13.8 Å². The third-order valence-electron chi connectivity index (χ3n) is 5.87. The van der Waals surface area contributed by atoms with Crippen LogP contribution in [0.5, 0.6) is 0 Å². The normalized spacial score (nSPS) is 12.0. The van der Waals surface area contributed by atoms with E-state index in [4.69, 9.17) is 5.10 Å². The van der Waals surface area contributed by atoms with Gasteiger partial charge >= 0.3 is 0 Å². The number of aromatic nitrogens is 5. The zero-order valence-electron chi connectivity index (χ0n) is 19.2. The minimum absolute atomic E-state index is 0.182. The Morgan fingerprint density at radius 3 is 2.11 bits per heavy atom. The van der Waals surface area contributed by atoms with E-state index in [9.17, 15) is 4.79 Å². The summed E-state index contributed by atoms with van der Waals surface area (Å²) < 4.78 is 3.80. The van der Waals surface area contributed by atoms with Gasteiger partial charge in [0.1, 0.15) is 0 Å². The third kappa shape index (κ3) is 3.96. The Labute approximate surface area is 205 Å². The lowest BCUT2D eigenvalue weighted by atomic mass is 10.1. The molecule has 0 aliphatic heterocycles. The molecule has 3 aromatic heterocycles. The second-order valence-electron chi connectivity index (χ2n) is 8.49. The van der Waals surface area contributed by atoms with Gasteiger partial charge in [0.2, 0.25) is 4.96 Å². The van der Waals surface area contributed by atoms with Crippen LogP contribution in [0.25, 0.3) is 39.4 Å². The van der Waals surface area contributed by atoms with Gasteiger partial charge in [-0.3, -0.25) is 4.79 Å². The third-order valence-corrected chi connectivity index (χ3v) is 6.83. The number of benzene rings is 3. The summed E-state index contributed by atoms with van der Waals surface area (Å²) in [6.45, 7) is 4.09. The van der Waals surface area contributed by atoms with Crippen molar-refractivity contribution >= 4 is 22.4 Å². The number of hydrogen-bond acceptors (Lipinski definition) is 5. The fraction of sp³-hybridized carbons (Fsp3) is 0.0714. The number of nitrogens with zero attached hydrogens (tertiary/aromatic N) is 5. The molecule has 0 atom stereocenters.